The topological polar surface area (TPSA) is 271 Å². The van der Waals surface area contributed by atoms with Gasteiger partial charge in [-0.15, -0.1) is 0 Å². The smallest absolute Gasteiger partial charge is 0.326 e. The molecular weight excluding hydrogens is 518 g/mol. The van der Waals surface area contributed by atoms with E-state index in [4.69, 9.17) is 16.6 Å². The van der Waals surface area contributed by atoms with Gasteiger partial charge in [0.1, 0.15) is 23.9 Å². The van der Waals surface area contributed by atoms with Crippen molar-refractivity contribution < 1.29 is 49.2 Å². The van der Waals surface area contributed by atoms with Crippen molar-refractivity contribution in [1.82, 2.24) is 16.0 Å². The van der Waals surface area contributed by atoms with Crippen molar-refractivity contribution in [3.8, 4) is 5.75 Å². The molecule has 0 heterocycles. The number of unbranched alkanes of at least 4 members (excludes halogenated alkanes) is 1. The number of nitrogens with one attached hydrogen (secondary N) is 3. The number of phenols is 1. The first-order valence-electron chi connectivity index (χ1n) is 12.1. The molecule has 1 aromatic carbocycles. The molecule has 3 amide bonds. The number of carbonyl (C=O) groups is 6. The first-order valence-corrected chi connectivity index (χ1v) is 12.1. The van der Waals surface area contributed by atoms with Gasteiger partial charge in [-0.1, -0.05) is 12.1 Å². The largest absolute Gasteiger partial charge is 0.508 e. The van der Waals surface area contributed by atoms with Crippen LogP contribution in [0.5, 0.6) is 5.75 Å². The maximum Gasteiger partial charge on any atom is 0.326 e. The summed E-state index contributed by atoms with van der Waals surface area (Å²) in [5, 5.41) is 43.7. The molecule has 1 rings (SSSR count). The van der Waals surface area contributed by atoms with Crippen molar-refractivity contribution in [1.29, 1.82) is 0 Å². The van der Waals surface area contributed by atoms with Gasteiger partial charge in [0.25, 0.3) is 0 Å². The van der Waals surface area contributed by atoms with E-state index in [0.29, 0.717) is 24.9 Å². The van der Waals surface area contributed by atoms with E-state index in [1.54, 1.807) is 0 Å². The van der Waals surface area contributed by atoms with E-state index in [1.807, 2.05) is 0 Å². The van der Waals surface area contributed by atoms with E-state index in [1.165, 1.54) is 24.3 Å². The fourth-order valence-electron chi connectivity index (χ4n) is 3.47. The lowest BCUT2D eigenvalue weighted by Crippen LogP contribution is -2.57. The second-order valence-electron chi connectivity index (χ2n) is 8.81. The number of aliphatic carboxylic acids is 3. The summed E-state index contributed by atoms with van der Waals surface area (Å²) in [6.07, 6.45) is -0.966. The summed E-state index contributed by atoms with van der Waals surface area (Å²) < 4.78 is 0. The molecule has 0 spiro atoms. The lowest BCUT2D eigenvalue weighted by molar-refractivity contribution is -0.143. The lowest BCUT2D eigenvalue weighted by atomic mass is 10.0. The van der Waals surface area contributed by atoms with Gasteiger partial charge in [0.15, 0.2) is 0 Å². The molecule has 4 unspecified atom stereocenters. The minimum absolute atomic E-state index is 0.00682. The van der Waals surface area contributed by atoms with Crippen molar-refractivity contribution in [3.05, 3.63) is 29.8 Å². The fourth-order valence-corrected chi connectivity index (χ4v) is 3.47. The molecule has 4 atom stereocenters. The van der Waals surface area contributed by atoms with E-state index < -0.39 is 79.1 Å². The van der Waals surface area contributed by atoms with Crippen LogP contribution in [0.4, 0.5) is 0 Å². The maximum atomic E-state index is 12.9. The van der Waals surface area contributed by atoms with Gasteiger partial charge in [-0.2, -0.15) is 0 Å². The molecule has 0 bridgehead atoms. The van der Waals surface area contributed by atoms with Gasteiger partial charge in [-0.25, -0.2) is 4.79 Å². The van der Waals surface area contributed by atoms with E-state index in [9.17, 15) is 44.1 Å². The molecule has 0 saturated carbocycles. The fraction of sp³-hybridized carbons (Fsp3) is 0.500. The number of benzene rings is 1. The Morgan fingerprint density at radius 1 is 0.744 bits per heavy atom. The Morgan fingerprint density at radius 2 is 1.31 bits per heavy atom. The summed E-state index contributed by atoms with van der Waals surface area (Å²) in [5.74, 6) is -7.08. The highest BCUT2D eigenvalue weighted by Crippen LogP contribution is 2.11. The number of hydrogen-bond donors (Lipinski definition) is 9. The molecule has 0 radical (unpaired) electrons. The highest BCUT2D eigenvalue weighted by atomic mass is 16.4. The normalized spacial score (nSPS) is 13.8. The van der Waals surface area contributed by atoms with E-state index in [2.05, 4.69) is 16.0 Å². The predicted molar refractivity (Wildman–Crippen MR) is 135 cm³/mol. The molecule has 0 fully saturated rings. The zero-order valence-electron chi connectivity index (χ0n) is 21.2. The highest BCUT2D eigenvalue weighted by Gasteiger charge is 2.31. The third kappa shape index (κ3) is 12.7. The van der Waals surface area contributed by atoms with Crippen LogP contribution in [0.15, 0.2) is 24.3 Å². The summed E-state index contributed by atoms with van der Waals surface area (Å²) in [6, 6.07) is 0.104. The van der Waals surface area contributed by atoms with Gasteiger partial charge in [0, 0.05) is 6.42 Å². The molecule has 39 heavy (non-hydrogen) atoms. The van der Waals surface area contributed by atoms with Gasteiger partial charge in [0.2, 0.25) is 17.7 Å². The number of carboxylic acids is 3. The average Bonchev–Trinajstić information content (AvgIpc) is 2.86. The lowest BCUT2D eigenvalue weighted by Gasteiger charge is -2.24. The third-order valence-corrected chi connectivity index (χ3v) is 5.58. The summed E-state index contributed by atoms with van der Waals surface area (Å²) >= 11 is 0. The van der Waals surface area contributed by atoms with Crippen LogP contribution in [-0.2, 0) is 35.2 Å². The van der Waals surface area contributed by atoms with Crippen molar-refractivity contribution in [2.75, 3.05) is 6.54 Å². The Labute approximate surface area is 223 Å². The number of carboxylic acid groups (broad SMARTS) is 3. The van der Waals surface area contributed by atoms with Crippen LogP contribution in [0, 0.1) is 0 Å². The summed E-state index contributed by atoms with van der Waals surface area (Å²) in [5.41, 5.74) is 11.9. The second-order valence-corrected chi connectivity index (χ2v) is 8.81. The Morgan fingerprint density at radius 3 is 1.85 bits per heavy atom. The number of amides is 3. The van der Waals surface area contributed by atoms with Gasteiger partial charge >= 0.3 is 17.9 Å². The molecule has 1 aromatic rings. The molecule has 0 aliphatic rings. The SMILES string of the molecule is NCCCCC(NC(=O)C(CC(=O)O)NC(=O)C(CCC(=O)O)NC(=O)C(N)Cc1ccc(O)cc1)C(=O)O. The van der Waals surface area contributed by atoms with Crippen LogP contribution in [0.2, 0.25) is 0 Å². The molecule has 0 saturated heterocycles. The van der Waals surface area contributed by atoms with Crippen molar-refractivity contribution in [2.24, 2.45) is 11.5 Å². The van der Waals surface area contributed by atoms with Gasteiger partial charge in [-0.05, 0) is 56.3 Å². The van der Waals surface area contributed by atoms with Gasteiger partial charge in [-0.3, -0.25) is 24.0 Å². The average molecular weight is 554 g/mol. The Kier molecular flexibility index (Phi) is 13.9. The van der Waals surface area contributed by atoms with Gasteiger partial charge in [0.05, 0.1) is 12.5 Å². The zero-order chi connectivity index (χ0) is 29.5. The Bertz CT molecular complexity index is 1020. The second kappa shape index (κ2) is 16.6. The quantitative estimate of drug-likeness (QED) is 0.0917. The van der Waals surface area contributed by atoms with Crippen molar-refractivity contribution >= 4 is 35.6 Å². The van der Waals surface area contributed by atoms with E-state index >= 15 is 0 Å². The molecule has 15 nitrogen and oxygen atoms in total. The van der Waals surface area contributed by atoms with E-state index in [-0.39, 0.29) is 18.6 Å². The number of nitrogens with two attached hydrogens (primary N) is 2. The molecule has 0 aliphatic carbocycles. The highest BCUT2D eigenvalue weighted by molar-refractivity contribution is 5.95. The Balaban J connectivity index is 2.99. The Hall–Kier alpha value is -4.24. The number of rotatable bonds is 18. The van der Waals surface area contributed by atoms with E-state index in [0.717, 1.165) is 0 Å². The van der Waals surface area contributed by atoms with Crippen LogP contribution in [0.25, 0.3) is 0 Å². The van der Waals surface area contributed by atoms with Crippen LogP contribution >= 0.6 is 0 Å². The van der Waals surface area contributed by atoms with Gasteiger partial charge < -0.3 is 47.8 Å². The minimum atomic E-state index is -1.72. The first-order chi connectivity index (χ1) is 18.3. The number of aromatic hydroxyl groups is 1. The predicted octanol–water partition coefficient (Wildman–Crippen LogP) is -1.73. The molecular formula is C24H35N5O10. The monoisotopic (exact) mass is 553 g/mol. The maximum absolute atomic E-state index is 12.9. The standard InChI is InChI=1S/C24H35N5O10/c25-10-2-1-3-17(24(38)39)28-23(37)18(12-20(33)34)29-22(36)16(8-9-19(31)32)27-21(35)15(26)11-13-4-6-14(30)7-5-13/h4-7,15-18,30H,1-3,8-12,25-26H2,(H,27,35)(H,28,37)(H,29,36)(H,31,32)(H,33,34)(H,38,39). The minimum Gasteiger partial charge on any atom is -0.508 e. The van der Waals surface area contributed by atoms with Crippen LogP contribution < -0.4 is 27.4 Å². The molecule has 0 aromatic heterocycles. The summed E-state index contributed by atoms with van der Waals surface area (Å²) in [6.45, 7) is 0.306. The summed E-state index contributed by atoms with van der Waals surface area (Å²) in [4.78, 5) is 72.2. The molecule has 15 heteroatoms. The molecule has 216 valence electrons. The number of phenolic OH excluding ortho intramolecular Hbond substituents is 1. The summed E-state index contributed by atoms with van der Waals surface area (Å²) in [7, 11) is 0. The molecule has 11 N–H and O–H groups in total. The van der Waals surface area contributed by atoms with Crippen molar-refractivity contribution in [3.63, 3.8) is 0 Å². The van der Waals surface area contributed by atoms with Crippen LogP contribution in [-0.4, -0.2) is 86.8 Å². The third-order valence-electron chi connectivity index (χ3n) is 5.58. The number of hydrogen-bond acceptors (Lipinski definition) is 9. The zero-order valence-corrected chi connectivity index (χ0v) is 21.2. The molecule has 0 aliphatic heterocycles. The first kappa shape index (κ1) is 32.8. The van der Waals surface area contributed by atoms with Crippen LogP contribution in [0.3, 0.4) is 0 Å². The van der Waals surface area contributed by atoms with Crippen molar-refractivity contribution in [2.45, 2.75) is 69.1 Å². The van der Waals surface area contributed by atoms with Crippen LogP contribution in [0.1, 0.15) is 44.1 Å². The number of carbonyl (C=O) groups excluding carboxylic acids is 3.